The van der Waals surface area contributed by atoms with Gasteiger partial charge in [-0.05, 0) is 0 Å². The van der Waals surface area contributed by atoms with Gasteiger partial charge in [-0.1, -0.05) is 17.8 Å². The van der Waals surface area contributed by atoms with Gasteiger partial charge in [-0.2, -0.15) is 0 Å². The highest BCUT2D eigenvalue weighted by Gasteiger charge is 2.50. The van der Waals surface area contributed by atoms with Gasteiger partial charge in [0, 0.05) is 38.6 Å². The summed E-state index contributed by atoms with van der Waals surface area (Å²) in [6.45, 7) is 0.782. The Bertz CT molecular complexity index is 510. The summed E-state index contributed by atoms with van der Waals surface area (Å²) < 4.78 is 6.25. The average molecular weight is 309 g/mol. The van der Waals surface area contributed by atoms with Crippen molar-refractivity contribution in [3.8, 4) is 74.1 Å². The van der Waals surface area contributed by atoms with Gasteiger partial charge in [0.2, 0.25) is 0 Å². The van der Waals surface area contributed by atoms with Crippen molar-refractivity contribution in [3.05, 3.63) is 0 Å². The highest BCUT2D eigenvalue weighted by atomic mass is 15.3. The molecule has 24 heavy (non-hydrogen) atoms. The van der Waals surface area contributed by atoms with Crippen LogP contribution in [0.1, 0.15) is 0 Å². The van der Waals surface area contributed by atoms with Gasteiger partial charge in [0.15, 0.2) is 0 Å². The van der Waals surface area contributed by atoms with E-state index in [1.165, 1.54) is 0 Å². The third-order valence-corrected chi connectivity index (χ3v) is 4.02. The van der Waals surface area contributed by atoms with E-state index in [1.807, 2.05) is 0 Å². The van der Waals surface area contributed by atoms with Crippen molar-refractivity contribution < 1.29 is 0 Å². The molecule has 114 valence electrons. The standard InChI is InChI=1S/C18H18B3N3/c1-7-13-19-22(16-10-4)20(14-8-2)24(18-12-6)21(15-9-3)23(19)17-11-5/h1-6H,13-18H2. The van der Waals surface area contributed by atoms with Crippen molar-refractivity contribution in [2.75, 3.05) is 19.6 Å². The SMILES string of the molecule is C#CCB1N(CC#C)B(CC#C)N(CC#C)B(CC#C)N1CC#C. The van der Waals surface area contributed by atoms with E-state index < -0.39 is 0 Å². The normalized spacial score (nSPS) is 15.5. The van der Waals surface area contributed by atoms with Crippen LogP contribution in [0.3, 0.4) is 0 Å². The summed E-state index contributed by atoms with van der Waals surface area (Å²) in [5.41, 5.74) is 0. The Balaban J connectivity index is 3.41. The summed E-state index contributed by atoms with van der Waals surface area (Å²) in [6, 6.07) is 0. The Kier molecular flexibility index (Phi) is 8.32. The van der Waals surface area contributed by atoms with E-state index in [9.17, 15) is 0 Å². The first-order chi connectivity index (χ1) is 11.7. The summed E-state index contributed by atoms with van der Waals surface area (Å²) >= 11 is 0. The minimum absolute atomic E-state index is 0.132. The van der Waals surface area contributed by atoms with Crippen LogP contribution in [0.15, 0.2) is 0 Å². The lowest BCUT2D eigenvalue weighted by Crippen LogP contribution is -2.77. The third kappa shape index (κ3) is 4.25. The summed E-state index contributed by atoms with van der Waals surface area (Å²) in [5.74, 6) is 16.1. The zero-order valence-electron chi connectivity index (χ0n) is 13.8. The molecule has 1 rings (SSSR count). The van der Waals surface area contributed by atoms with Crippen LogP contribution in [0.25, 0.3) is 0 Å². The summed E-state index contributed by atoms with van der Waals surface area (Å²) in [4.78, 5) is 0. The fourth-order valence-electron chi connectivity index (χ4n) is 3.14. The van der Waals surface area contributed by atoms with E-state index in [0.717, 1.165) is 0 Å². The second-order valence-electron chi connectivity index (χ2n) is 5.30. The molecule has 1 aliphatic heterocycles. The van der Waals surface area contributed by atoms with E-state index in [-0.39, 0.29) is 20.9 Å². The first-order valence-corrected chi connectivity index (χ1v) is 7.58. The molecule has 0 N–H and O–H groups in total. The monoisotopic (exact) mass is 309 g/mol. The molecule has 0 aliphatic carbocycles. The van der Waals surface area contributed by atoms with Crippen LogP contribution in [0.4, 0.5) is 0 Å². The van der Waals surface area contributed by atoms with Crippen molar-refractivity contribution in [3.63, 3.8) is 0 Å². The third-order valence-electron chi connectivity index (χ3n) is 4.02. The van der Waals surface area contributed by atoms with Crippen LogP contribution in [-0.4, -0.2) is 54.7 Å². The van der Waals surface area contributed by atoms with E-state index >= 15 is 0 Å². The van der Waals surface area contributed by atoms with Gasteiger partial charge >= 0.3 is 20.9 Å². The molecule has 6 heteroatoms. The lowest BCUT2D eigenvalue weighted by atomic mass is 9.40. The molecular weight excluding hydrogens is 291 g/mol. The van der Waals surface area contributed by atoms with E-state index in [0.29, 0.717) is 38.6 Å². The minimum Gasteiger partial charge on any atom is -0.346 e. The van der Waals surface area contributed by atoms with Gasteiger partial charge in [-0.15, -0.1) is 56.3 Å². The van der Waals surface area contributed by atoms with Crippen LogP contribution in [-0.2, 0) is 0 Å². The van der Waals surface area contributed by atoms with Crippen LogP contribution in [0, 0.1) is 74.1 Å². The number of terminal acetylenes is 6. The Labute approximate surface area is 148 Å². The zero-order chi connectivity index (χ0) is 17.9. The highest BCUT2D eigenvalue weighted by Crippen LogP contribution is 2.24. The number of hydrogen-bond acceptors (Lipinski definition) is 3. The van der Waals surface area contributed by atoms with E-state index in [4.69, 9.17) is 38.5 Å². The topological polar surface area (TPSA) is 9.72 Å². The Morgan fingerprint density at radius 2 is 0.708 bits per heavy atom. The maximum atomic E-state index is 5.58. The molecule has 0 bridgehead atoms. The Morgan fingerprint density at radius 1 is 0.458 bits per heavy atom. The van der Waals surface area contributed by atoms with E-state index in [2.05, 4.69) is 49.7 Å². The van der Waals surface area contributed by atoms with Gasteiger partial charge in [0.25, 0.3) is 0 Å². The molecule has 0 radical (unpaired) electrons. The molecule has 1 heterocycles. The van der Waals surface area contributed by atoms with Crippen molar-refractivity contribution in [2.45, 2.75) is 19.0 Å². The molecule has 0 amide bonds. The van der Waals surface area contributed by atoms with Crippen molar-refractivity contribution >= 4 is 20.9 Å². The molecule has 0 aromatic rings. The molecule has 0 atom stereocenters. The summed E-state index contributed by atoms with van der Waals surface area (Å²) in [7, 11) is 0. The predicted molar refractivity (Wildman–Crippen MR) is 105 cm³/mol. The fourth-order valence-corrected chi connectivity index (χ4v) is 3.14. The highest BCUT2D eigenvalue weighted by molar-refractivity contribution is 6.86. The quantitative estimate of drug-likeness (QED) is 0.512. The maximum absolute atomic E-state index is 5.58. The smallest absolute Gasteiger partial charge is 0.304 e. The lowest BCUT2D eigenvalue weighted by molar-refractivity contribution is 0.488. The van der Waals surface area contributed by atoms with Gasteiger partial charge in [-0.25, -0.2) is 0 Å². The van der Waals surface area contributed by atoms with Crippen molar-refractivity contribution in [1.29, 1.82) is 0 Å². The first kappa shape index (κ1) is 19.5. The molecule has 1 saturated heterocycles. The van der Waals surface area contributed by atoms with Gasteiger partial charge in [0.1, 0.15) is 0 Å². The van der Waals surface area contributed by atoms with E-state index in [1.54, 1.807) is 0 Å². The van der Waals surface area contributed by atoms with Crippen LogP contribution in [0.5, 0.6) is 0 Å². The lowest BCUT2D eigenvalue weighted by Gasteiger charge is -2.52. The van der Waals surface area contributed by atoms with Crippen molar-refractivity contribution in [2.24, 2.45) is 0 Å². The van der Waals surface area contributed by atoms with Gasteiger partial charge in [0.05, 0.1) is 0 Å². The number of rotatable bonds is 6. The number of hydrogen-bond donors (Lipinski definition) is 0. The second-order valence-corrected chi connectivity index (χ2v) is 5.30. The number of nitrogens with zero attached hydrogens (tertiary/aromatic N) is 3. The van der Waals surface area contributed by atoms with Crippen molar-refractivity contribution in [1.82, 2.24) is 14.2 Å². The van der Waals surface area contributed by atoms with Crippen LogP contribution in [0.2, 0.25) is 19.0 Å². The molecule has 3 nitrogen and oxygen atoms in total. The largest absolute Gasteiger partial charge is 0.346 e. The molecule has 1 aliphatic rings. The van der Waals surface area contributed by atoms with Gasteiger partial charge in [-0.3, -0.25) is 0 Å². The maximum Gasteiger partial charge on any atom is 0.304 e. The molecule has 0 aromatic heterocycles. The van der Waals surface area contributed by atoms with Crippen LogP contribution >= 0.6 is 0 Å². The Hall–Kier alpha value is -2.57. The Morgan fingerprint density at radius 3 is 0.875 bits per heavy atom. The molecule has 0 spiro atoms. The predicted octanol–water partition coefficient (Wildman–Crippen LogP) is 0.170. The first-order valence-electron chi connectivity index (χ1n) is 7.58. The van der Waals surface area contributed by atoms with Crippen LogP contribution < -0.4 is 0 Å². The zero-order valence-corrected chi connectivity index (χ0v) is 13.8. The minimum atomic E-state index is -0.132. The molecule has 0 saturated carbocycles. The average Bonchev–Trinajstić information content (AvgIpc) is 2.57. The fraction of sp³-hybridized carbons (Fsp3) is 0.333. The van der Waals surface area contributed by atoms with Gasteiger partial charge < -0.3 is 14.2 Å². The molecule has 0 unspecified atom stereocenters. The summed E-state index contributed by atoms with van der Waals surface area (Å²) in [5, 5.41) is 0. The second kappa shape index (κ2) is 10.3. The molecular formula is C18H18B3N3. The molecule has 1 fully saturated rings. The molecule has 0 aromatic carbocycles. The summed E-state index contributed by atoms with van der Waals surface area (Å²) in [6.07, 6.45) is 34.8.